The monoisotopic (exact) mass is 444 g/mol. The minimum absolute atomic E-state index is 0.0530. The Bertz CT molecular complexity index is 1320. The summed E-state index contributed by atoms with van der Waals surface area (Å²) in [5.41, 5.74) is 0.148. The summed E-state index contributed by atoms with van der Waals surface area (Å²) in [5.74, 6) is -0.928. The Morgan fingerprint density at radius 1 is 0.818 bits per heavy atom. The number of aromatic hydroxyl groups is 2. The molecule has 33 heavy (non-hydrogen) atoms. The van der Waals surface area contributed by atoms with Crippen LogP contribution in [0.15, 0.2) is 48.5 Å². The van der Waals surface area contributed by atoms with Crippen molar-refractivity contribution in [2.75, 3.05) is 0 Å². The lowest BCUT2D eigenvalue weighted by Crippen LogP contribution is -2.33. The van der Waals surface area contributed by atoms with Gasteiger partial charge in [0.05, 0.1) is 5.56 Å². The predicted octanol–water partition coefficient (Wildman–Crippen LogP) is 4.85. The molecule has 166 valence electrons. The summed E-state index contributed by atoms with van der Waals surface area (Å²) >= 11 is 0. The van der Waals surface area contributed by atoms with Crippen LogP contribution in [0.4, 0.5) is 0 Å². The maximum atomic E-state index is 13.4. The minimum Gasteiger partial charge on any atom is -0.508 e. The van der Waals surface area contributed by atoms with Gasteiger partial charge < -0.3 is 19.7 Å². The molecule has 0 aliphatic carbocycles. The zero-order chi connectivity index (χ0) is 23.5. The third-order valence-electron chi connectivity index (χ3n) is 6.16. The first-order valence-electron chi connectivity index (χ1n) is 10.6. The minimum atomic E-state index is -1.48. The zero-order valence-electron chi connectivity index (χ0n) is 18.0. The van der Waals surface area contributed by atoms with Crippen molar-refractivity contribution in [2.24, 2.45) is 0 Å². The molecule has 0 fully saturated rings. The molecule has 2 aliphatic rings. The Morgan fingerprint density at radius 3 is 1.91 bits per heavy atom. The van der Waals surface area contributed by atoms with Gasteiger partial charge in [0.1, 0.15) is 23.0 Å². The number of phenolic OH excluding ortho intramolecular Hbond substituents is 2. The van der Waals surface area contributed by atoms with Crippen molar-refractivity contribution in [3.63, 3.8) is 0 Å². The van der Waals surface area contributed by atoms with Crippen LogP contribution in [0.2, 0.25) is 0 Å². The highest BCUT2D eigenvalue weighted by Crippen LogP contribution is 2.57. The second-order valence-corrected chi connectivity index (χ2v) is 8.00. The van der Waals surface area contributed by atoms with Crippen LogP contribution in [0.25, 0.3) is 0 Å². The highest BCUT2D eigenvalue weighted by atomic mass is 16.6. The molecule has 5 rings (SSSR count). The van der Waals surface area contributed by atoms with Crippen LogP contribution in [0.1, 0.15) is 74.5 Å². The fourth-order valence-corrected chi connectivity index (χ4v) is 4.68. The standard InChI is InChI=1S/C26H20O7/c1-3-19(29)15-7-10-18-24(23(15)20(30)4-2)25(31)33-26(18)16-8-5-13(27)11-21(16)32-22-12-14(28)6-9-17(22)26/h5-12,27-28H,3-4H2,1-2H3. The van der Waals surface area contributed by atoms with Gasteiger partial charge in [-0.2, -0.15) is 0 Å². The molecular weight excluding hydrogens is 424 g/mol. The number of phenols is 2. The van der Waals surface area contributed by atoms with E-state index < -0.39 is 11.6 Å². The van der Waals surface area contributed by atoms with Crippen LogP contribution in [-0.4, -0.2) is 27.7 Å². The van der Waals surface area contributed by atoms with Gasteiger partial charge in [0.15, 0.2) is 17.2 Å². The van der Waals surface area contributed by atoms with Gasteiger partial charge in [-0.3, -0.25) is 9.59 Å². The van der Waals surface area contributed by atoms with Gasteiger partial charge >= 0.3 is 5.97 Å². The summed E-state index contributed by atoms with van der Waals surface area (Å²) in [6.07, 6.45) is 0.291. The first-order chi connectivity index (χ1) is 15.8. The van der Waals surface area contributed by atoms with Gasteiger partial charge in [-0.1, -0.05) is 26.0 Å². The largest absolute Gasteiger partial charge is 0.508 e. The number of esters is 1. The van der Waals surface area contributed by atoms with Crippen molar-refractivity contribution in [2.45, 2.75) is 32.3 Å². The Hall–Kier alpha value is -4.13. The molecule has 0 atom stereocenters. The van der Waals surface area contributed by atoms with Crippen molar-refractivity contribution in [1.29, 1.82) is 0 Å². The number of hydrogen-bond acceptors (Lipinski definition) is 7. The Morgan fingerprint density at radius 2 is 1.36 bits per heavy atom. The van der Waals surface area contributed by atoms with Crippen LogP contribution in [0, 0.1) is 0 Å². The van der Waals surface area contributed by atoms with E-state index in [1.54, 1.807) is 38.1 Å². The summed E-state index contributed by atoms with van der Waals surface area (Å²) in [5, 5.41) is 20.0. The molecule has 2 aliphatic heterocycles. The van der Waals surface area contributed by atoms with E-state index in [2.05, 4.69) is 0 Å². The quantitative estimate of drug-likeness (QED) is 0.437. The molecule has 1 spiro atoms. The van der Waals surface area contributed by atoms with Gasteiger partial charge in [-0.15, -0.1) is 0 Å². The number of carbonyl (C=O) groups excluding carboxylic acids is 3. The van der Waals surface area contributed by atoms with Crippen LogP contribution in [0.5, 0.6) is 23.0 Å². The van der Waals surface area contributed by atoms with Crippen molar-refractivity contribution < 1.29 is 34.1 Å². The molecule has 2 heterocycles. The molecule has 0 saturated carbocycles. The first kappa shape index (κ1) is 20.8. The summed E-state index contributed by atoms with van der Waals surface area (Å²) < 4.78 is 12.0. The Balaban J connectivity index is 1.90. The molecule has 7 nitrogen and oxygen atoms in total. The van der Waals surface area contributed by atoms with Gasteiger partial charge in [-0.25, -0.2) is 4.79 Å². The molecule has 0 amide bonds. The van der Waals surface area contributed by atoms with E-state index in [4.69, 9.17) is 9.47 Å². The van der Waals surface area contributed by atoms with Crippen LogP contribution < -0.4 is 4.74 Å². The topological polar surface area (TPSA) is 110 Å². The van der Waals surface area contributed by atoms with E-state index in [0.717, 1.165) is 0 Å². The van der Waals surface area contributed by atoms with Gasteiger partial charge in [0, 0.05) is 52.8 Å². The number of benzene rings is 3. The Kier molecular flexibility index (Phi) is 4.53. The van der Waals surface area contributed by atoms with Crippen molar-refractivity contribution in [3.05, 3.63) is 81.9 Å². The van der Waals surface area contributed by atoms with E-state index in [0.29, 0.717) is 16.7 Å². The molecule has 0 radical (unpaired) electrons. The van der Waals surface area contributed by atoms with Gasteiger partial charge in [0.2, 0.25) is 0 Å². The highest BCUT2D eigenvalue weighted by molar-refractivity contribution is 6.16. The molecule has 0 unspecified atom stereocenters. The zero-order valence-corrected chi connectivity index (χ0v) is 18.0. The molecule has 3 aromatic carbocycles. The Labute approximate surface area is 189 Å². The summed E-state index contributed by atoms with van der Waals surface area (Å²) in [7, 11) is 0. The van der Waals surface area contributed by atoms with Crippen molar-refractivity contribution in [1.82, 2.24) is 0 Å². The van der Waals surface area contributed by atoms with E-state index in [1.165, 1.54) is 24.3 Å². The number of ether oxygens (including phenoxy) is 2. The van der Waals surface area contributed by atoms with E-state index in [-0.39, 0.29) is 64.1 Å². The second kappa shape index (κ2) is 7.20. The predicted molar refractivity (Wildman–Crippen MR) is 117 cm³/mol. The number of hydrogen-bond donors (Lipinski definition) is 2. The molecule has 2 N–H and O–H groups in total. The SMILES string of the molecule is CCC(=O)c1ccc2c(c1C(=O)CC)C(=O)OC21c2ccc(O)cc2Oc2cc(O)ccc21. The third-order valence-corrected chi connectivity index (χ3v) is 6.16. The molecule has 7 heteroatoms. The van der Waals surface area contributed by atoms with E-state index >= 15 is 0 Å². The van der Waals surface area contributed by atoms with Crippen LogP contribution in [0.3, 0.4) is 0 Å². The second-order valence-electron chi connectivity index (χ2n) is 8.00. The van der Waals surface area contributed by atoms with Crippen LogP contribution in [-0.2, 0) is 10.3 Å². The lowest BCUT2D eigenvalue weighted by Gasteiger charge is -2.36. The summed E-state index contributed by atoms with van der Waals surface area (Å²) in [4.78, 5) is 39.0. The van der Waals surface area contributed by atoms with Crippen molar-refractivity contribution >= 4 is 17.5 Å². The molecular formula is C26H20O7. The normalized spacial score (nSPS) is 14.7. The lowest BCUT2D eigenvalue weighted by atomic mass is 9.76. The fraction of sp³-hybridized carbons (Fsp3) is 0.192. The number of ketones is 2. The molecule has 0 bridgehead atoms. The average Bonchev–Trinajstić information content (AvgIpc) is 3.09. The van der Waals surface area contributed by atoms with Gasteiger partial charge in [-0.05, 0) is 24.3 Å². The number of Topliss-reactive ketones (excluding diaryl/α,β-unsaturated/α-hetero) is 2. The van der Waals surface area contributed by atoms with Crippen molar-refractivity contribution in [3.8, 4) is 23.0 Å². The molecule has 0 aromatic heterocycles. The smallest absolute Gasteiger partial charge is 0.340 e. The average molecular weight is 444 g/mol. The van der Waals surface area contributed by atoms with Crippen LogP contribution >= 0.6 is 0 Å². The number of rotatable bonds is 4. The maximum absolute atomic E-state index is 13.4. The molecule has 0 saturated heterocycles. The fourth-order valence-electron chi connectivity index (χ4n) is 4.68. The molecule has 3 aromatic rings. The van der Waals surface area contributed by atoms with Gasteiger partial charge in [0.25, 0.3) is 0 Å². The lowest BCUT2D eigenvalue weighted by molar-refractivity contribution is 0.0223. The first-order valence-corrected chi connectivity index (χ1v) is 10.6. The maximum Gasteiger partial charge on any atom is 0.340 e. The number of fused-ring (bicyclic) bond motifs is 6. The summed E-state index contributed by atoms with van der Waals surface area (Å²) in [6, 6.07) is 12.1. The highest BCUT2D eigenvalue weighted by Gasteiger charge is 2.55. The summed E-state index contributed by atoms with van der Waals surface area (Å²) in [6.45, 7) is 3.36. The van der Waals surface area contributed by atoms with E-state index in [9.17, 15) is 24.6 Å². The number of carbonyl (C=O) groups is 3. The van der Waals surface area contributed by atoms with E-state index in [1.807, 2.05) is 0 Å². The third kappa shape index (κ3) is 2.78.